The standard InChI is InChI=1S/C12H17ClN2/c1-9-4-3-5-15(8-9)11-7-14-12(13)6-10(11)2/h6-7,9H,3-5,8H2,1-2H3. The van der Waals surface area contributed by atoms with Crippen molar-refractivity contribution >= 4 is 17.3 Å². The molecule has 0 aliphatic carbocycles. The molecule has 1 aliphatic rings. The van der Waals surface area contributed by atoms with E-state index in [2.05, 4.69) is 23.7 Å². The van der Waals surface area contributed by atoms with Gasteiger partial charge in [-0.3, -0.25) is 0 Å². The summed E-state index contributed by atoms with van der Waals surface area (Å²) in [5.41, 5.74) is 2.47. The van der Waals surface area contributed by atoms with Gasteiger partial charge in [0.05, 0.1) is 11.9 Å². The van der Waals surface area contributed by atoms with E-state index < -0.39 is 0 Å². The van der Waals surface area contributed by atoms with E-state index in [-0.39, 0.29) is 0 Å². The van der Waals surface area contributed by atoms with Crippen LogP contribution in [-0.4, -0.2) is 18.1 Å². The number of aryl methyl sites for hydroxylation is 1. The smallest absolute Gasteiger partial charge is 0.129 e. The maximum Gasteiger partial charge on any atom is 0.129 e. The van der Waals surface area contributed by atoms with Crippen LogP contribution in [0, 0.1) is 12.8 Å². The van der Waals surface area contributed by atoms with Gasteiger partial charge in [-0.05, 0) is 37.3 Å². The van der Waals surface area contributed by atoms with Gasteiger partial charge in [-0.15, -0.1) is 0 Å². The van der Waals surface area contributed by atoms with Crippen molar-refractivity contribution in [3.63, 3.8) is 0 Å². The van der Waals surface area contributed by atoms with Gasteiger partial charge in [-0.2, -0.15) is 0 Å². The maximum absolute atomic E-state index is 5.85. The summed E-state index contributed by atoms with van der Waals surface area (Å²) in [6.07, 6.45) is 4.52. The van der Waals surface area contributed by atoms with Crippen LogP contribution in [0.5, 0.6) is 0 Å². The minimum absolute atomic E-state index is 0.585. The molecule has 0 saturated carbocycles. The molecule has 0 bridgehead atoms. The molecular weight excluding hydrogens is 208 g/mol. The molecule has 2 heterocycles. The molecule has 82 valence electrons. The molecule has 1 unspecified atom stereocenters. The second-order valence-electron chi connectivity index (χ2n) is 4.49. The number of pyridine rings is 1. The lowest BCUT2D eigenvalue weighted by atomic mass is 9.99. The van der Waals surface area contributed by atoms with Gasteiger partial charge in [0, 0.05) is 13.1 Å². The predicted octanol–water partition coefficient (Wildman–Crippen LogP) is 3.28. The lowest BCUT2D eigenvalue weighted by Gasteiger charge is -2.33. The van der Waals surface area contributed by atoms with Crippen LogP contribution >= 0.6 is 11.6 Å². The van der Waals surface area contributed by atoms with Gasteiger partial charge in [-0.25, -0.2) is 4.98 Å². The Morgan fingerprint density at radius 1 is 1.53 bits per heavy atom. The summed E-state index contributed by atoms with van der Waals surface area (Å²) >= 11 is 5.85. The van der Waals surface area contributed by atoms with Gasteiger partial charge < -0.3 is 4.90 Å². The highest BCUT2D eigenvalue weighted by Gasteiger charge is 2.18. The van der Waals surface area contributed by atoms with Gasteiger partial charge in [-0.1, -0.05) is 18.5 Å². The molecule has 0 N–H and O–H groups in total. The molecule has 0 radical (unpaired) electrons. The fraction of sp³-hybridized carbons (Fsp3) is 0.583. The Labute approximate surface area is 96.3 Å². The average molecular weight is 225 g/mol. The zero-order valence-electron chi connectivity index (χ0n) is 9.33. The van der Waals surface area contributed by atoms with Gasteiger partial charge in [0.15, 0.2) is 0 Å². The molecule has 1 aromatic rings. The first-order valence-corrected chi connectivity index (χ1v) is 5.91. The molecule has 15 heavy (non-hydrogen) atoms. The van der Waals surface area contributed by atoms with Crippen LogP contribution in [0.25, 0.3) is 0 Å². The van der Waals surface area contributed by atoms with Crippen molar-refractivity contribution in [3.8, 4) is 0 Å². The Balaban J connectivity index is 2.21. The Morgan fingerprint density at radius 2 is 2.33 bits per heavy atom. The van der Waals surface area contributed by atoms with Crippen molar-refractivity contribution in [2.45, 2.75) is 26.7 Å². The summed E-state index contributed by atoms with van der Waals surface area (Å²) < 4.78 is 0. The van der Waals surface area contributed by atoms with Crippen molar-refractivity contribution in [3.05, 3.63) is 23.0 Å². The topological polar surface area (TPSA) is 16.1 Å². The predicted molar refractivity (Wildman–Crippen MR) is 64.6 cm³/mol. The summed E-state index contributed by atoms with van der Waals surface area (Å²) in [5.74, 6) is 0.786. The van der Waals surface area contributed by atoms with E-state index in [1.807, 2.05) is 12.3 Å². The van der Waals surface area contributed by atoms with Crippen LogP contribution in [0.4, 0.5) is 5.69 Å². The highest BCUT2D eigenvalue weighted by Crippen LogP contribution is 2.26. The van der Waals surface area contributed by atoms with E-state index in [0.29, 0.717) is 5.15 Å². The molecule has 3 heteroatoms. The highest BCUT2D eigenvalue weighted by atomic mass is 35.5. The van der Waals surface area contributed by atoms with Gasteiger partial charge in [0.2, 0.25) is 0 Å². The number of hydrogen-bond donors (Lipinski definition) is 0. The number of nitrogens with zero attached hydrogens (tertiary/aromatic N) is 2. The second kappa shape index (κ2) is 4.40. The molecule has 0 aromatic carbocycles. The Morgan fingerprint density at radius 3 is 3.00 bits per heavy atom. The van der Waals surface area contributed by atoms with Gasteiger partial charge in [0.1, 0.15) is 5.15 Å². The number of anilines is 1. The monoisotopic (exact) mass is 224 g/mol. The Kier molecular flexibility index (Phi) is 3.15. The van der Waals surface area contributed by atoms with Crippen LogP contribution in [0.2, 0.25) is 5.15 Å². The quantitative estimate of drug-likeness (QED) is 0.681. The normalized spacial score (nSPS) is 21.8. The molecule has 1 saturated heterocycles. The fourth-order valence-electron chi connectivity index (χ4n) is 2.25. The maximum atomic E-state index is 5.85. The van der Waals surface area contributed by atoms with E-state index in [1.165, 1.54) is 24.1 Å². The SMILES string of the molecule is Cc1cc(Cl)ncc1N1CCCC(C)C1. The first kappa shape index (κ1) is 10.7. The average Bonchev–Trinajstić information content (AvgIpc) is 2.17. The number of rotatable bonds is 1. The van der Waals surface area contributed by atoms with Crippen molar-refractivity contribution < 1.29 is 0 Å². The van der Waals surface area contributed by atoms with E-state index in [1.54, 1.807) is 0 Å². The molecule has 2 rings (SSSR count). The van der Waals surface area contributed by atoms with Gasteiger partial charge in [0.25, 0.3) is 0 Å². The van der Waals surface area contributed by atoms with Crippen molar-refractivity contribution in [2.24, 2.45) is 5.92 Å². The number of aromatic nitrogens is 1. The lowest BCUT2D eigenvalue weighted by Crippen LogP contribution is -2.34. The molecule has 2 nitrogen and oxygen atoms in total. The number of piperidine rings is 1. The largest absolute Gasteiger partial charge is 0.370 e. The van der Waals surface area contributed by atoms with Crippen molar-refractivity contribution in [1.29, 1.82) is 0 Å². The van der Waals surface area contributed by atoms with Crippen molar-refractivity contribution in [2.75, 3.05) is 18.0 Å². The van der Waals surface area contributed by atoms with E-state index in [9.17, 15) is 0 Å². The molecule has 1 aromatic heterocycles. The van der Waals surface area contributed by atoms with E-state index in [0.717, 1.165) is 19.0 Å². The third kappa shape index (κ3) is 2.43. The summed E-state index contributed by atoms with van der Waals surface area (Å²) in [4.78, 5) is 6.59. The fourth-order valence-corrected chi connectivity index (χ4v) is 2.47. The van der Waals surface area contributed by atoms with Crippen LogP contribution in [0.3, 0.4) is 0 Å². The van der Waals surface area contributed by atoms with Crippen molar-refractivity contribution in [1.82, 2.24) is 4.98 Å². The van der Waals surface area contributed by atoms with Crippen LogP contribution in [0.1, 0.15) is 25.3 Å². The molecular formula is C12H17ClN2. The zero-order valence-corrected chi connectivity index (χ0v) is 10.1. The summed E-state index contributed by atoms with van der Waals surface area (Å²) in [6, 6.07) is 1.94. The third-order valence-corrected chi connectivity index (χ3v) is 3.25. The summed E-state index contributed by atoms with van der Waals surface area (Å²) in [7, 11) is 0. The first-order valence-electron chi connectivity index (χ1n) is 5.54. The minimum atomic E-state index is 0.585. The lowest BCUT2D eigenvalue weighted by molar-refractivity contribution is 0.446. The molecule has 0 amide bonds. The molecule has 1 fully saturated rings. The number of hydrogen-bond acceptors (Lipinski definition) is 2. The molecule has 1 aliphatic heterocycles. The molecule has 1 atom stereocenters. The first-order chi connectivity index (χ1) is 7.16. The van der Waals surface area contributed by atoms with E-state index in [4.69, 9.17) is 11.6 Å². The van der Waals surface area contributed by atoms with E-state index >= 15 is 0 Å². The molecule has 0 spiro atoms. The second-order valence-corrected chi connectivity index (χ2v) is 4.87. The summed E-state index contributed by atoms with van der Waals surface area (Å²) in [5, 5.41) is 0.585. The van der Waals surface area contributed by atoms with Crippen LogP contribution in [0.15, 0.2) is 12.3 Å². The summed E-state index contributed by atoms with van der Waals surface area (Å²) in [6.45, 7) is 6.70. The van der Waals surface area contributed by atoms with Crippen LogP contribution in [-0.2, 0) is 0 Å². The minimum Gasteiger partial charge on any atom is -0.370 e. The Hall–Kier alpha value is -0.760. The zero-order chi connectivity index (χ0) is 10.8. The number of halogens is 1. The third-order valence-electron chi connectivity index (χ3n) is 3.05. The Bertz CT molecular complexity index is 351. The van der Waals surface area contributed by atoms with Gasteiger partial charge >= 0.3 is 0 Å². The van der Waals surface area contributed by atoms with Crippen LogP contribution < -0.4 is 4.90 Å². The highest BCUT2D eigenvalue weighted by molar-refractivity contribution is 6.29.